The third kappa shape index (κ3) is 3.29. The van der Waals surface area contributed by atoms with Crippen molar-refractivity contribution >= 4 is 27.3 Å². The topological polar surface area (TPSA) is 29.3 Å². The van der Waals surface area contributed by atoms with Gasteiger partial charge in [0.1, 0.15) is 0 Å². The maximum Gasteiger partial charge on any atom is 0.0564 e. The number of rotatable bonds is 6. The second kappa shape index (κ2) is 6.74. The van der Waals surface area contributed by atoms with E-state index in [9.17, 15) is 0 Å². The molecule has 1 rings (SSSR count). The van der Waals surface area contributed by atoms with Gasteiger partial charge in [0.05, 0.1) is 6.04 Å². The first-order valence-corrected chi connectivity index (χ1v) is 7.47. The zero-order chi connectivity index (χ0) is 12.1. The van der Waals surface area contributed by atoms with E-state index in [4.69, 9.17) is 5.73 Å². The van der Waals surface area contributed by atoms with E-state index in [0.29, 0.717) is 18.6 Å². The van der Waals surface area contributed by atoms with Gasteiger partial charge >= 0.3 is 0 Å². The Labute approximate surface area is 111 Å². The maximum atomic E-state index is 5.91. The number of nitrogens with two attached hydrogens (primary N) is 1. The third-order valence-electron chi connectivity index (χ3n) is 3.15. The van der Waals surface area contributed by atoms with E-state index in [1.54, 1.807) is 11.3 Å². The molecular weight excluding hydrogens is 284 g/mol. The molecule has 1 aromatic rings. The minimum absolute atomic E-state index is 0.348. The fraction of sp³-hybridized carbons (Fsp3) is 0.667. The molecule has 2 N–H and O–H groups in total. The summed E-state index contributed by atoms with van der Waals surface area (Å²) in [6.45, 7) is 5.16. The van der Waals surface area contributed by atoms with Crippen LogP contribution in [0.25, 0.3) is 0 Å². The van der Waals surface area contributed by atoms with Crippen LogP contribution in [0, 0.1) is 0 Å². The average molecular weight is 305 g/mol. The van der Waals surface area contributed by atoms with Gasteiger partial charge in [-0.2, -0.15) is 0 Å². The maximum absolute atomic E-state index is 5.91. The van der Waals surface area contributed by atoms with Crippen LogP contribution >= 0.6 is 27.3 Å². The van der Waals surface area contributed by atoms with E-state index >= 15 is 0 Å². The molecule has 1 aromatic heterocycles. The lowest BCUT2D eigenvalue weighted by Crippen LogP contribution is -2.37. The summed E-state index contributed by atoms with van der Waals surface area (Å²) in [6, 6.07) is 3.15. The molecule has 92 valence electrons. The molecule has 1 unspecified atom stereocenters. The van der Waals surface area contributed by atoms with Crippen LogP contribution in [0.15, 0.2) is 15.9 Å². The molecule has 0 saturated carbocycles. The highest BCUT2D eigenvalue weighted by molar-refractivity contribution is 9.10. The van der Waals surface area contributed by atoms with Gasteiger partial charge in [0, 0.05) is 27.3 Å². The highest BCUT2D eigenvalue weighted by Crippen LogP contribution is 2.30. The third-order valence-corrected chi connectivity index (χ3v) is 4.94. The molecule has 0 aliphatic rings. The number of halogens is 1. The van der Waals surface area contributed by atoms with Crippen molar-refractivity contribution in [2.45, 2.75) is 38.8 Å². The summed E-state index contributed by atoms with van der Waals surface area (Å²) in [7, 11) is 2.18. The van der Waals surface area contributed by atoms with Crippen molar-refractivity contribution in [1.29, 1.82) is 0 Å². The molecule has 1 atom stereocenters. The first-order valence-electron chi connectivity index (χ1n) is 5.79. The minimum atomic E-state index is 0.348. The van der Waals surface area contributed by atoms with Gasteiger partial charge in [0.2, 0.25) is 0 Å². The van der Waals surface area contributed by atoms with Crippen molar-refractivity contribution in [2.75, 3.05) is 13.6 Å². The van der Waals surface area contributed by atoms with Gasteiger partial charge < -0.3 is 5.73 Å². The lowest BCUT2D eigenvalue weighted by molar-refractivity contribution is 0.170. The van der Waals surface area contributed by atoms with E-state index in [1.807, 2.05) is 0 Å². The molecule has 0 fully saturated rings. The largest absolute Gasteiger partial charge is 0.329 e. The van der Waals surface area contributed by atoms with Crippen molar-refractivity contribution in [3.05, 3.63) is 20.8 Å². The van der Waals surface area contributed by atoms with Gasteiger partial charge in [-0.25, -0.2) is 0 Å². The number of thiophene rings is 1. The summed E-state index contributed by atoms with van der Waals surface area (Å²) >= 11 is 5.28. The van der Waals surface area contributed by atoms with Crippen molar-refractivity contribution in [3.63, 3.8) is 0 Å². The van der Waals surface area contributed by atoms with Crippen LogP contribution in [-0.4, -0.2) is 24.5 Å². The normalized spacial score (nSPS) is 13.7. The predicted molar refractivity (Wildman–Crippen MR) is 75.9 cm³/mol. The van der Waals surface area contributed by atoms with Gasteiger partial charge in [0.25, 0.3) is 0 Å². The Balaban J connectivity index is 2.81. The van der Waals surface area contributed by atoms with E-state index in [0.717, 1.165) is 4.47 Å². The number of nitrogens with zero attached hydrogens (tertiary/aromatic N) is 1. The quantitative estimate of drug-likeness (QED) is 0.869. The van der Waals surface area contributed by atoms with Crippen molar-refractivity contribution < 1.29 is 0 Å². The molecule has 0 radical (unpaired) electrons. The Morgan fingerprint density at radius 3 is 2.44 bits per heavy atom. The molecule has 0 aromatic carbocycles. The van der Waals surface area contributed by atoms with E-state index in [2.05, 4.69) is 53.2 Å². The average Bonchev–Trinajstić information content (AvgIpc) is 2.68. The molecule has 0 spiro atoms. The molecule has 4 heteroatoms. The Hall–Kier alpha value is 0.1000. The summed E-state index contributed by atoms with van der Waals surface area (Å²) in [5.74, 6) is 0. The lowest BCUT2D eigenvalue weighted by Gasteiger charge is -2.33. The molecule has 0 saturated heterocycles. The summed E-state index contributed by atoms with van der Waals surface area (Å²) in [5, 5.41) is 2.12. The first kappa shape index (κ1) is 14.2. The van der Waals surface area contributed by atoms with Crippen molar-refractivity contribution in [1.82, 2.24) is 4.90 Å². The van der Waals surface area contributed by atoms with Crippen LogP contribution in [0.2, 0.25) is 0 Å². The Kier molecular flexibility index (Phi) is 5.97. The zero-order valence-electron chi connectivity index (χ0n) is 10.2. The van der Waals surface area contributed by atoms with Crippen LogP contribution in [0.3, 0.4) is 0 Å². The second-order valence-corrected chi connectivity index (χ2v) is 5.91. The summed E-state index contributed by atoms with van der Waals surface area (Å²) < 4.78 is 1.16. The first-order chi connectivity index (χ1) is 7.63. The molecule has 1 heterocycles. The SMILES string of the molecule is CCC(CC)N(C)C(CN)c1cc(Br)cs1. The van der Waals surface area contributed by atoms with Gasteiger partial charge in [-0.15, -0.1) is 11.3 Å². The van der Waals surface area contributed by atoms with Crippen LogP contribution in [0.5, 0.6) is 0 Å². The van der Waals surface area contributed by atoms with Gasteiger partial charge in [-0.05, 0) is 41.9 Å². The van der Waals surface area contributed by atoms with Crippen LogP contribution in [0.4, 0.5) is 0 Å². The minimum Gasteiger partial charge on any atom is -0.329 e. The molecule has 0 amide bonds. The highest BCUT2D eigenvalue weighted by atomic mass is 79.9. The standard InChI is InChI=1S/C12H21BrN2S/c1-4-10(5-2)15(3)11(7-14)12-6-9(13)8-16-12/h6,8,10-11H,4-5,7,14H2,1-3H3. The fourth-order valence-electron chi connectivity index (χ4n) is 2.11. The second-order valence-electron chi connectivity index (χ2n) is 4.05. The Morgan fingerprint density at radius 2 is 2.06 bits per heavy atom. The van der Waals surface area contributed by atoms with E-state index in [-0.39, 0.29) is 0 Å². The molecule has 0 aliphatic heterocycles. The van der Waals surface area contributed by atoms with E-state index < -0.39 is 0 Å². The lowest BCUT2D eigenvalue weighted by atomic mass is 10.1. The molecule has 2 nitrogen and oxygen atoms in total. The predicted octanol–water partition coefficient (Wildman–Crippen LogP) is 3.63. The molecule has 0 aliphatic carbocycles. The highest BCUT2D eigenvalue weighted by Gasteiger charge is 2.22. The van der Waals surface area contributed by atoms with Crippen molar-refractivity contribution in [3.8, 4) is 0 Å². The summed E-state index contributed by atoms with van der Waals surface area (Å²) in [5.41, 5.74) is 5.91. The molecule has 16 heavy (non-hydrogen) atoms. The Bertz CT molecular complexity index is 310. The van der Waals surface area contributed by atoms with Crippen LogP contribution in [0.1, 0.15) is 37.6 Å². The van der Waals surface area contributed by atoms with Crippen molar-refractivity contribution in [2.24, 2.45) is 5.73 Å². The van der Waals surface area contributed by atoms with E-state index in [1.165, 1.54) is 17.7 Å². The van der Waals surface area contributed by atoms with Crippen LogP contribution < -0.4 is 5.73 Å². The van der Waals surface area contributed by atoms with Gasteiger partial charge in [0.15, 0.2) is 0 Å². The smallest absolute Gasteiger partial charge is 0.0564 e. The fourth-order valence-corrected chi connectivity index (χ4v) is 3.72. The Morgan fingerprint density at radius 1 is 1.44 bits per heavy atom. The molecule has 0 bridgehead atoms. The number of hydrogen-bond donors (Lipinski definition) is 1. The summed E-state index contributed by atoms with van der Waals surface area (Å²) in [6.07, 6.45) is 2.35. The number of hydrogen-bond acceptors (Lipinski definition) is 3. The number of likely N-dealkylation sites (N-methyl/N-ethyl adjacent to an activating group) is 1. The summed E-state index contributed by atoms with van der Waals surface area (Å²) in [4.78, 5) is 3.77. The van der Waals surface area contributed by atoms with Crippen LogP contribution in [-0.2, 0) is 0 Å². The molecular formula is C12H21BrN2S. The van der Waals surface area contributed by atoms with Gasteiger partial charge in [-0.3, -0.25) is 4.90 Å². The monoisotopic (exact) mass is 304 g/mol. The van der Waals surface area contributed by atoms with Gasteiger partial charge in [-0.1, -0.05) is 13.8 Å². The zero-order valence-corrected chi connectivity index (χ0v) is 12.6.